The molecule has 292 valence electrons. The maximum Gasteiger partial charge on any atom is 0.472 e. The van der Waals surface area contributed by atoms with Crippen LogP contribution in [0.15, 0.2) is 0 Å². The van der Waals surface area contributed by atoms with Gasteiger partial charge in [0.05, 0.1) is 57.0 Å². The summed E-state index contributed by atoms with van der Waals surface area (Å²) in [6.07, 6.45) is -2.23. The summed E-state index contributed by atoms with van der Waals surface area (Å²) in [4.78, 5) is 29.8. The van der Waals surface area contributed by atoms with Crippen LogP contribution in [0.1, 0.15) is 72.6 Å². The molecule has 2 rings (SSSR count). The summed E-state index contributed by atoms with van der Waals surface area (Å²) in [7, 11) is -12.5. The van der Waals surface area contributed by atoms with Crippen molar-refractivity contribution in [1.82, 2.24) is 0 Å². The van der Waals surface area contributed by atoms with Crippen molar-refractivity contribution in [2.45, 2.75) is 121 Å². The number of aliphatic hydroxyl groups is 3. The van der Waals surface area contributed by atoms with Crippen LogP contribution in [0, 0.1) is 5.92 Å². The molecule has 2 aliphatic rings. The SMILES string of the molecule is CC1[C@H](OCCCCCCOP(=O)(O)OCCCOCCCOP(=O)(O)OC[C@H]2O[C@@H](C)CC2OP(=O)(O)C(C)C)OC(CO)[C@H](O)[C@@H]1O. The van der Waals surface area contributed by atoms with Gasteiger partial charge in [0, 0.05) is 32.2 Å². The predicted molar refractivity (Wildman–Crippen MR) is 174 cm³/mol. The van der Waals surface area contributed by atoms with Crippen LogP contribution in [-0.4, -0.2) is 131 Å². The number of ether oxygens (including phenoxy) is 4. The Hall–Kier alpha value is 0.0900. The maximum atomic E-state index is 12.2. The van der Waals surface area contributed by atoms with Gasteiger partial charge in [-0.15, -0.1) is 0 Å². The standard InChI is InChI=1S/C28H57O18P3/c1-20(2)47(32,33)46-23-17-21(3)44-25(23)19-43-49(36,37)42-16-10-12-38-11-9-15-41-48(34,35)40-14-8-6-5-7-13-39-28-22(4)26(30)27(31)24(18-29)45-28/h20-31H,5-19H2,1-4H3,(H,32,33)(H,34,35)(H,36,37)/t21-,22?,23?,24?,25+,26+,27-,28+/m0/s1. The van der Waals surface area contributed by atoms with E-state index >= 15 is 0 Å². The minimum atomic E-state index is -4.43. The van der Waals surface area contributed by atoms with Crippen molar-refractivity contribution < 1.29 is 85.3 Å². The van der Waals surface area contributed by atoms with E-state index < -0.39 is 78.2 Å². The smallest absolute Gasteiger partial charge is 0.394 e. The zero-order chi connectivity index (χ0) is 36.7. The van der Waals surface area contributed by atoms with Crippen molar-refractivity contribution in [3.63, 3.8) is 0 Å². The molecule has 0 aromatic rings. The summed E-state index contributed by atoms with van der Waals surface area (Å²) in [5, 5.41) is 29.2. The van der Waals surface area contributed by atoms with Crippen LogP contribution in [0.25, 0.3) is 0 Å². The van der Waals surface area contributed by atoms with Crippen LogP contribution in [0.2, 0.25) is 0 Å². The number of hydrogen-bond donors (Lipinski definition) is 6. The van der Waals surface area contributed by atoms with Crippen LogP contribution >= 0.6 is 23.2 Å². The van der Waals surface area contributed by atoms with Gasteiger partial charge >= 0.3 is 23.2 Å². The van der Waals surface area contributed by atoms with Crippen molar-refractivity contribution in [2.24, 2.45) is 5.92 Å². The van der Waals surface area contributed by atoms with Crippen LogP contribution < -0.4 is 0 Å². The Morgan fingerprint density at radius 1 is 0.714 bits per heavy atom. The fourth-order valence-electron chi connectivity index (χ4n) is 4.87. The summed E-state index contributed by atoms with van der Waals surface area (Å²) in [6.45, 7) is 6.28. The zero-order valence-electron chi connectivity index (χ0n) is 28.7. The van der Waals surface area contributed by atoms with Crippen LogP contribution in [0.5, 0.6) is 0 Å². The summed E-state index contributed by atoms with van der Waals surface area (Å²) in [5.41, 5.74) is -0.616. The molecular formula is C28H57O18P3. The zero-order valence-corrected chi connectivity index (χ0v) is 31.4. The van der Waals surface area contributed by atoms with Gasteiger partial charge in [0.1, 0.15) is 18.3 Å². The molecule has 6 N–H and O–H groups in total. The average molecular weight is 775 g/mol. The van der Waals surface area contributed by atoms with Gasteiger partial charge in [-0.05, 0) is 32.6 Å². The van der Waals surface area contributed by atoms with Crippen molar-refractivity contribution in [3.05, 3.63) is 0 Å². The first-order valence-corrected chi connectivity index (χ1v) is 21.3. The van der Waals surface area contributed by atoms with Gasteiger partial charge in [0.2, 0.25) is 0 Å². The third-order valence-electron chi connectivity index (χ3n) is 7.86. The molecule has 0 aliphatic carbocycles. The summed E-state index contributed by atoms with van der Waals surface area (Å²) < 4.78 is 83.9. The Bertz CT molecular complexity index is 1070. The van der Waals surface area contributed by atoms with Gasteiger partial charge in [-0.3, -0.25) is 22.7 Å². The molecule has 11 atom stereocenters. The molecule has 6 unspecified atom stereocenters. The minimum absolute atomic E-state index is 0.0264. The van der Waals surface area contributed by atoms with Crippen molar-refractivity contribution in [3.8, 4) is 0 Å². The first kappa shape index (κ1) is 45.2. The van der Waals surface area contributed by atoms with Gasteiger partial charge in [-0.1, -0.05) is 33.6 Å². The number of phosphoric acid groups is 2. The third-order valence-corrected chi connectivity index (χ3v) is 11.7. The molecule has 0 aromatic carbocycles. The number of phosphoric ester groups is 2. The van der Waals surface area contributed by atoms with Crippen molar-refractivity contribution >= 4 is 23.2 Å². The lowest BCUT2D eigenvalue weighted by atomic mass is 9.92. The van der Waals surface area contributed by atoms with E-state index in [1.807, 2.05) is 0 Å². The van der Waals surface area contributed by atoms with E-state index in [-0.39, 0.29) is 52.2 Å². The van der Waals surface area contributed by atoms with Crippen LogP contribution in [-0.2, 0) is 55.3 Å². The second-order valence-electron chi connectivity index (χ2n) is 12.4. The van der Waals surface area contributed by atoms with Crippen molar-refractivity contribution in [1.29, 1.82) is 0 Å². The lowest BCUT2D eigenvalue weighted by Gasteiger charge is -2.40. The van der Waals surface area contributed by atoms with Crippen LogP contribution in [0.3, 0.4) is 0 Å². The molecule has 0 aromatic heterocycles. The van der Waals surface area contributed by atoms with Crippen molar-refractivity contribution in [2.75, 3.05) is 52.9 Å². The molecule has 2 fully saturated rings. The van der Waals surface area contributed by atoms with E-state index in [0.29, 0.717) is 38.7 Å². The normalized spacial score (nSPS) is 31.4. The first-order valence-electron chi connectivity index (χ1n) is 16.7. The minimum Gasteiger partial charge on any atom is -0.394 e. The quantitative estimate of drug-likeness (QED) is 0.0545. The maximum absolute atomic E-state index is 12.2. The molecule has 0 bridgehead atoms. The van der Waals surface area contributed by atoms with E-state index in [1.54, 1.807) is 27.7 Å². The van der Waals surface area contributed by atoms with Gasteiger partial charge in [-0.25, -0.2) is 9.13 Å². The molecule has 2 saturated heterocycles. The highest BCUT2D eigenvalue weighted by Gasteiger charge is 2.43. The Morgan fingerprint density at radius 2 is 1.27 bits per heavy atom. The van der Waals surface area contributed by atoms with E-state index in [1.165, 1.54) is 0 Å². The molecule has 21 heteroatoms. The molecular weight excluding hydrogens is 717 g/mol. The Balaban J connectivity index is 1.45. The molecule has 2 heterocycles. The van der Waals surface area contributed by atoms with E-state index in [0.717, 1.165) is 6.42 Å². The highest BCUT2D eigenvalue weighted by Crippen LogP contribution is 2.51. The van der Waals surface area contributed by atoms with E-state index in [9.17, 15) is 43.7 Å². The Kier molecular flexibility index (Phi) is 20.6. The lowest BCUT2D eigenvalue weighted by molar-refractivity contribution is -0.282. The predicted octanol–water partition coefficient (Wildman–Crippen LogP) is 2.86. The largest absolute Gasteiger partial charge is 0.472 e. The highest BCUT2D eigenvalue weighted by atomic mass is 31.2. The second-order valence-corrected chi connectivity index (χ2v) is 17.7. The van der Waals surface area contributed by atoms with Gasteiger partial charge < -0.3 is 53.5 Å². The van der Waals surface area contributed by atoms with E-state index in [2.05, 4.69) is 0 Å². The molecule has 18 nitrogen and oxygen atoms in total. The number of aliphatic hydroxyl groups excluding tert-OH is 3. The number of hydrogen-bond acceptors (Lipinski definition) is 15. The third kappa shape index (κ3) is 17.2. The second kappa shape index (κ2) is 22.3. The van der Waals surface area contributed by atoms with Gasteiger partial charge in [0.15, 0.2) is 6.29 Å². The Labute approximate surface area is 288 Å². The van der Waals surface area contributed by atoms with E-state index in [4.69, 9.17) is 41.6 Å². The highest BCUT2D eigenvalue weighted by molar-refractivity contribution is 7.53. The number of rotatable bonds is 26. The molecule has 2 aliphatic heterocycles. The molecule has 0 saturated carbocycles. The van der Waals surface area contributed by atoms with Gasteiger partial charge in [-0.2, -0.15) is 0 Å². The molecule has 49 heavy (non-hydrogen) atoms. The molecule has 0 amide bonds. The fourth-order valence-corrected chi connectivity index (χ4v) is 7.28. The summed E-state index contributed by atoms with van der Waals surface area (Å²) in [6, 6.07) is 0. The lowest BCUT2D eigenvalue weighted by Crippen LogP contribution is -2.55. The first-order chi connectivity index (χ1) is 23.0. The average Bonchev–Trinajstić information content (AvgIpc) is 3.37. The molecule has 0 radical (unpaired) electrons. The van der Waals surface area contributed by atoms with Gasteiger partial charge in [0.25, 0.3) is 0 Å². The summed E-state index contributed by atoms with van der Waals surface area (Å²) in [5.74, 6) is -0.460. The summed E-state index contributed by atoms with van der Waals surface area (Å²) >= 11 is 0. The Morgan fingerprint density at radius 3 is 1.84 bits per heavy atom. The fraction of sp³-hybridized carbons (Fsp3) is 1.00. The monoisotopic (exact) mass is 774 g/mol. The molecule has 0 spiro atoms. The topological polar surface area (TPSA) is 256 Å². The number of unbranched alkanes of at least 4 members (excludes halogenated alkanes) is 3. The van der Waals surface area contributed by atoms with Crippen LogP contribution in [0.4, 0.5) is 0 Å².